The second kappa shape index (κ2) is 10.5. The Balaban J connectivity index is 2.61. The molecule has 0 amide bonds. The largest absolute Gasteiger partial charge is 0.490 e. The summed E-state index contributed by atoms with van der Waals surface area (Å²) in [6, 6.07) is 5.97. The van der Waals surface area contributed by atoms with Crippen LogP contribution in [0.1, 0.15) is 58.4 Å². The number of unbranched alkanes of at least 4 members (excludes halogenated alkanes) is 3. The van der Waals surface area contributed by atoms with E-state index in [9.17, 15) is 5.11 Å². The molecule has 1 rings (SSSR count). The van der Waals surface area contributed by atoms with Gasteiger partial charge < -0.3 is 14.6 Å². The summed E-state index contributed by atoms with van der Waals surface area (Å²) in [5.41, 5.74) is 1.09. The molecule has 0 heterocycles. The Morgan fingerprint density at radius 2 is 1.81 bits per heavy atom. The van der Waals surface area contributed by atoms with E-state index in [-0.39, 0.29) is 6.10 Å². The van der Waals surface area contributed by atoms with Crippen molar-refractivity contribution >= 4 is 0 Å². The van der Waals surface area contributed by atoms with E-state index in [1.165, 1.54) is 19.3 Å². The van der Waals surface area contributed by atoms with Gasteiger partial charge in [-0.15, -0.1) is 0 Å². The molecule has 1 aromatic carbocycles. The maximum Gasteiger partial charge on any atom is 0.161 e. The lowest BCUT2D eigenvalue weighted by atomic mass is 10.1. The van der Waals surface area contributed by atoms with Crippen LogP contribution in [0.3, 0.4) is 0 Å². The van der Waals surface area contributed by atoms with Crippen LogP contribution in [-0.4, -0.2) is 24.4 Å². The number of rotatable bonds is 11. The number of aliphatic hydroxyl groups is 1. The molecule has 1 aromatic rings. The summed E-state index contributed by atoms with van der Waals surface area (Å²) in [5, 5.41) is 9.75. The zero-order valence-corrected chi connectivity index (χ0v) is 13.7. The van der Waals surface area contributed by atoms with Gasteiger partial charge >= 0.3 is 0 Å². The molecule has 0 aliphatic rings. The van der Waals surface area contributed by atoms with Crippen molar-refractivity contribution in [2.75, 3.05) is 13.2 Å². The molecule has 0 saturated carbocycles. The Morgan fingerprint density at radius 1 is 1.00 bits per heavy atom. The predicted molar refractivity (Wildman–Crippen MR) is 87.2 cm³/mol. The summed E-state index contributed by atoms with van der Waals surface area (Å²) in [4.78, 5) is 0. The van der Waals surface area contributed by atoms with E-state index in [0.717, 1.165) is 36.5 Å². The SMILES string of the molecule is CCCCCCOc1ccc(CC(O)CC)cc1OCC. The van der Waals surface area contributed by atoms with Crippen LogP contribution in [0.5, 0.6) is 11.5 Å². The molecule has 1 atom stereocenters. The zero-order chi connectivity index (χ0) is 15.5. The maximum absolute atomic E-state index is 9.75. The Bertz CT molecular complexity index is 390. The summed E-state index contributed by atoms with van der Waals surface area (Å²) < 4.78 is 11.5. The van der Waals surface area contributed by atoms with E-state index in [1.807, 2.05) is 32.0 Å². The van der Waals surface area contributed by atoms with Crippen LogP contribution in [0.25, 0.3) is 0 Å². The van der Waals surface area contributed by atoms with Gasteiger partial charge in [-0.05, 0) is 43.9 Å². The normalized spacial score (nSPS) is 12.2. The van der Waals surface area contributed by atoms with E-state index in [1.54, 1.807) is 0 Å². The van der Waals surface area contributed by atoms with Gasteiger partial charge in [-0.1, -0.05) is 39.2 Å². The molecule has 0 aliphatic carbocycles. The molecule has 120 valence electrons. The molecule has 1 N–H and O–H groups in total. The third-order valence-corrected chi connectivity index (χ3v) is 3.51. The minimum atomic E-state index is -0.291. The fourth-order valence-corrected chi connectivity index (χ4v) is 2.19. The highest BCUT2D eigenvalue weighted by Gasteiger charge is 2.09. The second-order valence-electron chi connectivity index (χ2n) is 5.39. The van der Waals surface area contributed by atoms with Crippen molar-refractivity contribution in [3.8, 4) is 11.5 Å². The van der Waals surface area contributed by atoms with E-state index in [4.69, 9.17) is 9.47 Å². The Hall–Kier alpha value is -1.22. The zero-order valence-electron chi connectivity index (χ0n) is 13.7. The van der Waals surface area contributed by atoms with Gasteiger partial charge in [-0.2, -0.15) is 0 Å². The van der Waals surface area contributed by atoms with Gasteiger partial charge in [0.25, 0.3) is 0 Å². The first-order valence-electron chi connectivity index (χ1n) is 8.27. The molecule has 0 aromatic heterocycles. The van der Waals surface area contributed by atoms with E-state index >= 15 is 0 Å². The average Bonchev–Trinajstić information content (AvgIpc) is 2.49. The molecular weight excluding hydrogens is 264 g/mol. The first kappa shape index (κ1) is 17.8. The van der Waals surface area contributed by atoms with Gasteiger partial charge in [-0.25, -0.2) is 0 Å². The average molecular weight is 294 g/mol. The highest BCUT2D eigenvalue weighted by Crippen LogP contribution is 2.29. The molecule has 0 spiro atoms. The van der Waals surface area contributed by atoms with Gasteiger partial charge in [0.1, 0.15) is 0 Å². The second-order valence-corrected chi connectivity index (χ2v) is 5.39. The van der Waals surface area contributed by atoms with Crippen molar-refractivity contribution in [1.82, 2.24) is 0 Å². The first-order valence-corrected chi connectivity index (χ1v) is 8.27. The minimum Gasteiger partial charge on any atom is -0.490 e. The van der Waals surface area contributed by atoms with Crippen LogP contribution in [0, 0.1) is 0 Å². The molecule has 1 unspecified atom stereocenters. The number of ether oxygens (including phenoxy) is 2. The van der Waals surface area contributed by atoms with Crippen molar-refractivity contribution in [3.63, 3.8) is 0 Å². The molecular formula is C18H30O3. The van der Waals surface area contributed by atoms with Gasteiger partial charge in [0, 0.05) is 0 Å². The summed E-state index contributed by atoms with van der Waals surface area (Å²) in [5.74, 6) is 1.59. The lowest BCUT2D eigenvalue weighted by Crippen LogP contribution is -2.09. The van der Waals surface area contributed by atoms with Crippen molar-refractivity contribution in [2.24, 2.45) is 0 Å². The Morgan fingerprint density at radius 3 is 2.48 bits per heavy atom. The van der Waals surface area contributed by atoms with E-state index < -0.39 is 0 Å². The van der Waals surface area contributed by atoms with E-state index in [2.05, 4.69) is 6.92 Å². The lowest BCUT2D eigenvalue weighted by Gasteiger charge is -2.14. The van der Waals surface area contributed by atoms with Gasteiger partial charge in [-0.3, -0.25) is 0 Å². The van der Waals surface area contributed by atoms with Crippen LogP contribution in [0.2, 0.25) is 0 Å². The topological polar surface area (TPSA) is 38.7 Å². The number of benzene rings is 1. The van der Waals surface area contributed by atoms with Crippen LogP contribution >= 0.6 is 0 Å². The van der Waals surface area contributed by atoms with Gasteiger partial charge in [0.2, 0.25) is 0 Å². The smallest absolute Gasteiger partial charge is 0.161 e. The van der Waals surface area contributed by atoms with Crippen molar-refractivity contribution in [3.05, 3.63) is 23.8 Å². The van der Waals surface area contributed by atoms with Crippen LogP contribution in [0.4, 0.5) is 0 Å². The maximum atomic E-state index is 9.75. The molecule has 0 fully saturated rings. The van der Waals surface area contributed by atoms with Crippen molar-refractivity contribution < 1.29 is 14.6 Å². The van der Waals surface area contributed by atoms with Gasteiger partial charge in [0.05, 0.1) is 19.3 Å². The lowest BCUT2D eigenvalue weighted by molar-refractivity contribution is 0.170. The van der Waals surface area contributed by atoms with Crippen LogP contribution in [-0.2, 0) is 6.42 Å². The predicted octanol–water partition coefficient (Wildman–Crippen LogP) is 4.36. The Kier molecular flexibility index (Phi) is 8.91. The molecule has 0 bridgehead atoms. The van der Waals surface area contributed by atoms with Gasteiger partial charge in [0.15, 0.2) is 11.5 Å². The number of aliphatic hydroxyl groups excluding tert-OH is 1. The van der Waals surface area contributed by atoms with Crippen LogP contribution in [0.15, 0.2) is 18.2 Å². The fourth-order valence-electron chi connectivity index (χ4n) is 2.19. The summed E-state index contributed by atoms with van der Waals surface area (Å²) in [6.07, 6.45) is 5.92. The summed E-state index contributed by atoms with van der Waals surface area (Å²) in [6.45, 7) is 7.51. The molecule has 0 radical (unpaired) electrons. The Labute approximate surface area is 129 Å². The highest BCUT2D eigenvalue weighted by molar-refractivity contribution is 5.43. The molecule has 21 heavy (non-hydrogen) atoms. The summed E-state index contributed by atoms with van der Waals surface area (Å²) >= 11 is 0. The first-order chi connectivity index (χ1) is 10.2. The number of hydrogen-bond acceptors (Lipinski definition) is 3. The van der Waals surface area contributed by atoms with E-state index in [0.29, 0.717) is 13.0 Å². The third kappa shape index (κ3) is 6.85. The van der Waals surface area contributed by atoms with Crippen molar-refractivity contribution in [2.45, 2.75) is 65.4 Å². The molecule has 3 nitrogen and oxygen atoms in total. The minimum absolute atomic E-state index is 0.291. The molecule has 0 saturated heterocycles. The monoisotopic (exact) mass is 294 g/mol. The van der Waals surface area contributed by atoms with Crippen LogP contribution < -0.4 is 9.47 Å². The third-order valence-electron chi connectivity index (χ3n) is 3.51. The fraction of sp³-hybridized carbons (Fsp3) is 0.667. The summed E-state index contributed by atoms with van der Waals surface area (Å²) in [7, 11) is 0. The molecule has 3 heteroatoms. The quantitative estimate of drug-likeness (QED) is 0.616. The van der Waals surface area contributed by atoms with Crippen molar-refractivity contribution in [1.29, 1.82) is 0 Å². The number of hydrogen-bond donors (Lipinski definition) is 1. The highest BCUT2D eigenvalue weighted by atomic mass is 16.5. The molecule has 0 aliphatic heterocycles. The standard InChI is InChI=1S/C18H30O3/c1-4-7-8-9-12-21-17-11-10-15(13-16(19)5-2)14-18(17)20-6-3/h10-11,14,16,19H,4-9,12-13H2,1-3H3.